The normalized spacial score (nSPS) is 11.5. The molecule has 19 heavy (non-hydrogen) atoms. The third-order valence-corrected chi connectivity index (χ3v) is 2.82. The number of hydrogen-bond acceptors (Lipinski definition) is 5. The Morgan fingerprint density at radius 1 is 1.58 bits per heavy atom. The lowest BCUT2D eigenvalue weighted by Crippen LogP contribution is -2.27. The SMILES string of the molecule is CCN(CC(C)C#N)c1ccc([N+](=O)[O-])c(OC)c1. The third kappa shape index (κ3) is 3.58. The van der Waals surface area contributed by atoms with Crippen LogP contribution in [0.4, 0.5) is 11.4 Å². The highest BCUT2D eigenvalue weighted by atomic mass is 16.6. The predicted molar refractivity (Wildman–Crippen MR) is 72.3 cm³/mol. The molecule has 0 saturated heterocycles. The first kappa shape index (κ1) is 14.8. The molecule has 0 aliphatic carbocycles. The minimum Gasteiger partial charge on any atom is -0.490 e. The van der Waals surface area contributed by atoms with E-state index in [1.807, 2.05) is 18.7 Å². The summed E-state index contributed by atoms with van der Waals surface area (Å²) in [5, 5.41) is 19.7. The predicted octanol–water partition coefficient (Wildman–Crippen LogP) is 2.59. The molecule has 1 rings (SSSR count). The fourth-order valence-electron chi connectivity index (χ4n) is 1.80. The molecule has 0 aliphatic heterocycles. The van der Waals surface area contributed by atoms with E-state index < -0.39 is 4.92 Å². The van der Waals surface area contributed by atoms with Crippen LogP contribution in [0, 0.1) is 27.4 Å². The van der Waals surface area contributed by atoms with Gasteiger partial charge in [0.2, 0.25) is 0 Å². The van der Waals surface area contributed by atoms with Crippen molar-refractivity contribution in [3.8, 4) is 11.8 Å². The maximum Gasteiger partial charge on any atom is 0.311 e. The Bertz CT molecular complexity index is 496. The van der Waals surface area contributed by atoms with Crippen LogP contribution in [0.2, 0.25) is 0 Å². The van der Waals surface area contributed by atoms with Gasteiger partial charge < -0.3 is 9.64 Å². The van der Waals surface area contributed by atoms with E-state index in [2.05, 4.69) is 6.07 Å². The maximum absolute atomic E-state index is 10.8. The van der Waals surface area contributed by atoms with Crippen LogP contribution in [0.3, 0.4) is 0 Å². The number of ether oxygens (including phenoxy) is 1. The van der Waals surface area contributed by atoms with Gasteiger partial charge in [-0.05, 0) is 19.9 Å². The molecule has 1 atom stereocenters. The Kier molecular flexibility index (Phi) is 5.12. The lowest BCUT2D eigenvalue weighted by Gasteiger charge is -2.24. The Balaban J connectivity index is 3.06. The lowest BCUT2D eigenvalue weighted by molar-refractivity contribution is -0.385. The zero-order valence-corrected chi connectivity index (χ0v) is 11.3. The highest BCUT2D eigenvalue weighted by molar-refractivity contribution is 5.59. The van der Waals surface area contributed by atoms with Gasteiger partial charge in [-0.15, -0.1) is 0 Å². The summed E-state index contributed by atoms with van der Waals surface area (Å²) in [6.07, 6.45) is 0. The van der Waals surface area contributed by atoms with Crippen LogP contribution in [0.25, 0.3) is 0 Å². The minimum absolute atomic E-state index is 0.0596. The average molecular weight is 263 g/mol. The van der Waals surface area contributed by atoms with Crippen LogP contribution in [0.1, 0.15) is 13.8 Å². The summed E-state index contributed by atoms with van der Waals surface area (Å²) in [5.74, 6) is 0.117. The molecule has 6 nitrogen and oxygen atoms in total. The Morgan fingerprint density at radius 3 is 2.74 bits per heavy atom. The summed E-state index contributed by atoms with van der Waals surface area (Å²) in [4.78, 5) is 12.3. The van der Waals surface area contributed by atoms with Gasteiger partial charge in [-0.3, -0.25) is 10.1 Å². The summed E-state index contributed by atoms with van der Waals surface area (Å²) in [7, 11) is 1.40. The van der Waals surface area contributed by atoms with Crippen molar-refractivity contribution < 1.29 is 9.66 Å². The fraction of sp³-hybridized carbons (Fsp3) is 0.462. The monoisotopic (exact) mass is 263 g/mol. The lowest BCUT2D eigenvalue weighted by atomic mass is 10.1. The molecule has 0 N–H and O–H groups in total. The van der Waals surface area contributed by atoms with Crippen LogP contribution >= 0.6 is 0 Å². The van der Waals surface area contributed by atoms with Crippen LogP contribution < -0.4 is 9.64 Å². The molecule has 6 heteroatoms. The molecule has 0 amide bonds. The molecule has 0 saturated carbocycles. The van der Waals surface area contributed by atoms with Gasteiger partial charge in [0, 0.05) is 30.9 Å². The summed E-state index contributed by atoms with van der Waals surface area (Å²) in [5.41, 5.74) is 0.752. The van der Waals surface area contributed by atoms with Gasteiger partial charge >= 0.3 is 5.69 Å². The second-order valence-corrected chi connectivity index (χ2v) is 4.18. The van der Waals surface area contributed by atoms with Crippen molar-refractivity contribution in [3.05, 3.63) is 28.3 Å². The van der Waals surface area contributed by atoms with Crippen LogP contribution in [0.5, 0.6) is 5.75 Å². The summed E-state index contributed by atoms with van der Waals surface area (Å²) >= 11 is 0. The van der Waals surface area contributed by atoms with Crippen molar-refractivity contribution >= 4 is 11.4 Å². The fourth-order valence-corrected chi connectivity index (χ4v) is 1.80. The number of nitriles is 1. The molecule has 1 unspecified atom stereocenters. The third-order valence-electron chi connectivity index (χ3n) is 2.82. The van der Waals surface area contributed by atoms with Crippen LogP contribution in [-0.4, -0.2) is 25.1 Å². The second-order valence-electron chi connectivity index (χ2n) is 4.18. The average Bonchev–Trinajstić information content (AvgIpc) is 2.43. The van der Waals surface area contributed by atoms with E-state index in [-0.39, 0.29) is 17.4 Å². The molecular weight excluding hydrogens is 246 g/mol. The number of hydrogen-bond donors (Lipinski definition) is 0. The first-order valence-corrected chi connectivity index (χ1v) is 6.00. The standard InChI is InChI=1S/C13H17N3O3/c1-4-15(9-10(2)8-14)11-5-6-12(16(17)18)13(7-11)19-3/h5-7,10H,4,9H2,1-3H3. The molecule has 0 spiro atoms. The van der Waals surface area contributed by atoms with Gasteiger partial charge in [0.05, 0.1) is 24.0 Å². The summed E-state index contributed by atoms with van der Waals surface area (Å²) < 4.78 is 5.04. The van der Waals surface area contributed by atoms with Crippen molar-refractivity contribution in [2.75, 3.05) is 25.1 Å². The first-order valence-electron chi connectivity index (χ1n) is 6.00. The van der Waals surface area contributed by atoms with E-state index >= 15 is 0 Å². The Labute approximate surface area is 112 Å². The molecule has 0 aliphatic rings. The van der Waals surface area contributed by atoms with Gasteiger partial charge in [0.15, 0.2) is 5.75 Å². The largest absolute Gasteiger partial charge is 0.490 e. The number of anilines is 1. The van der Waals surface area contributed by atoms with Gasteiger partial charge in [-0.1, -0.05) is 0 Å². The molecule has 0 bridgehead atoms. The van der Waals surface area contributed by atoms with Gasteiger partial charge in [-0.25, -0.2) is 0 Å². The number of benzene rings is 1. The number of nitro benzene ring substituents is 1. The first-order chi connectivity index (χ1) is 9.03. The highest BCUT2D eigenvalue weighted by Crippen LogP contribution is 2.31. The van der Waals surface area contributed by atoms with Crippen LogP contribution in [-0.2, 0) is 0 Å². The zero-order chi connectivity index (χ0) is 14.4. The van der Waals surface area contributed by atoms with Gasteiger partial charge in [0.1, 0.15) is 0 Å². The molecule has 1 aromatic carbocycles. The number of methoxy groups -OCH3 is 1. The van der Waals surface area contributed by atoms with E-state index in [0.717, 1.165) is 5.69 Å². The molecule has 0 fully saturated rings. The maximum atomic E-state index is 10.8. The van der Waals surface area contributed by atoms with Crippen molar-refractivity contribution in [1.82, 2.24) is 0 Å². The van der Waals surface area contributed by atoms with Gasteiger partial charge in [-0.2, -0.15) is 5.26 Å². The van der Waals surface area contributed by atoms with E-state index in [0.29, 0.717) is 13.1 Å². The zero-order valence-electron chi connectivity index (χ0n) is 11.3. The molecule has 1 aromatic rings. The van der Waals surface area contributed by atoms with Crippen molar-refractivity contribution in [2.45, 2.75) is 13.8 Å². The Hall–Kier alpha value is -2.29. The molecule has 0 radical (unpaired) electrons. The van der Waals surface area contributed by atoms with E-state index in [1.165, 1.54) is 13.2 Å². The number of nitrogens with zero attached hydrogens (tertiary/aromatic N) is 3. The summed E-state index contributed by atoms with van der Waals surface area (Å²) in [6, 6.07) is 6.91. The molecule has 0 heterocycles. The smallest absolute Gasteiger partial charge is 0.311 e. The van der Waals surface area contributed by atoms with Crippen LogP contribution in [0.15, 0.2) is 18.2 Å². The van der Waals surface area contributed by atoms with Gasteiger partial charge in [0.25, 0.3) is 0 Å². The van der Waals surface area contributed by atoms with Crippen molar-refractivity contribution in [1.29, 1.82) is 5.26 Å². The van der Waals surface area contributed by atoms with E-state index in [1.54, 1.807) is 12.1 Å². The minimum atomic E-state index is -0.475. The van der Waals surface area contributed by atoms with Crippen molar-refractivity contribution in [3.63, 3.8) is 0 Å². The van der Waals surface area contributed by atoms with E-state index in [4.69, 9.17) is 10.00 Å². The number of rotatable bonds is 6. The second kappa shape index (κ2) is 6.59. The van der Waals surface area contributed by atoms with Crippen molar-refractivity contribution in [2.24, 2.45) is 5.92 Å². The topological polar surface area (TPSA) is 79.4 Å². The molecule has 0 aromatic heterocycles. The quantitative estimate of drug-likeness (QED) is 0.582. The highest BCUT2D eigenvalue weighted by Gasteiger charge is 2.17. The molecule has 102 valence electrons. The Morgan fingerprint density at radius 2 is 2.26 bits per heavy atom. The van der Waals surface area contributed by atoms with E-state index in [9.17, 15) is 10.1 Å². The summed E-state index contributed by atoms with van der Waals surface area (Å²) in [6.45, 7) is 5.10. The number of nitro groups is 1. The molecular formula is C13H17N3O3.